The van der Waals surface area contributed by atoms with Gasteiger partial charge in [0.15, 0.2) is 0 Å². The Balaban J connectivity index is 1.96. The lowest BCUT2D eigenvalue weighted by Gasteiger charge is -2.30. The minimum absolute atomic E-state index is 0.982. The van der Waals surface area contributed by atoms with Crippen molar-refractivity contribution < 1.29 is 0 Å². The Hall–Kier alpha value is -0.780. The number of benzene rings is 1. The van der Waals surface area contributed by atoms with Gasteiger partial charge in [0.1, 0.15) is 0 Å². The standard InChI is InChI=1S/C14H18/c1-2-12-4-3-11(1)9-13-5-7-14(10-12)8-6-13/h1-4,13-14H,5-10H2. The molecule has 74 valence electrons. The Morgan fingerprint density at radius 2 is 1.00 bits per heavy atom. The van der Waals surface area contributed by atoms with Crippen LogP contribution in [0.15, 0.2) is 24.3 Å². The quantitative estimate of drug-likeness (QED) is 0.581. The minimum atomic E-state index is 0.982. The zero-order valence-corrected chi connectivity index (χ0v) is 8.71. The van der Waals surface area contributed by atoms with Crippen LogP contribution < -0.4 is 0 Å². The van der Waals surface area contributed by atoms with Crippen LogP contribution in [-0.2, 0) is 12.8 Å². The van der Waals surface area contributed by atoms with Crippen molar-refractivity contribution in [1.82, 2.24) is 0 Å². The van der Waals surface area contributed by atoms with Gasteiger partial charge < -0.3 is 0 Å². The fourth-order valence-corrected chi connectivity index (χ4v) is 3.12. The second-order valence-electron chi connectivity index (χ2n) is 5.11. The summed E-state index contributed by atoms with van der Waals surface area (Å²) in [6, 6.07) is 9.37. The van der Waals surface area contributed by atoms with Gasteiger partial charge in [-0.2, -0.15) is 0 Å². The molecule has 1 saturated carbocycles. The zero-order valence-electron chi connectivity index (χ0n) is 8.71. The first-order valence-corrected chi connectivity index (χ1v) is 5.98. The van der Waals surface area contributed by atoms with Gasteiger partial charge in [0.25, 0.3) is 0 Å². The lowest BCUT2D eigenvalue weighted by atomic mass is 9.76. The van der Waals surface area contributed by atoms with E-state index < -0.39 is 0 Å². The van der Waals surface area contributed by atoms with E-state index in [9.17, 15) is 0 Å². The maximum atomic E-state index is 2.34. The van der Waals surface area contributed by atoms with E-state index >= 15 is 0 Å². The average Bonchev–Trinajstić information content (AvgIpc) is 2.27. The third-order valence-corrected chi connectivity index (χ3v) is 4.04. The molecule has 0 radical (unpaired) electrons. The lowest BCUT2D eigenvalue weighted by Crippen LogP contribution is -2.19. The Bertz CT molecular complexity index is 268. The molecule has 0 aromatic heterocycles. The highest BCUT2D eigenvalue weighted by molar-refractivity contribution is 5.24. The van der Waals surface area contributed by atoms with Gasteiger partial charge in [-0.05, 0) is 61.5 Å². The molecule has 0 heteroatoms. The molecule has 5 aliphatic carbocycles. The number of hydrogen-bond acceptors (Lipinski definition) is 0. The van der Waals surface area contributed by atoms with Gasteiger partial charge in [-0.3, -0.25) is 0 Å². The van der Waals surface area contributed by atoms with Gasteiger partial charge >= 0.3 is 0 Å². The molecule has 1 fully saturated rings. The molecular formula is C14H18. The molecule has 4 bridgehead atoms. The predicted molar refractivity (Wildman–Crippen MR) is 59.3 cm³/mol. The van der Waals surface area contributed by atoms with E-state index in [0.29, 0.717) is 0 Å². The van der Waals surface area contributed by atoms with E-state index in [4.69, 9.17) is 0 Å². The van der Waals surface area contributed by atoms with Crippen molar-refractivity contribution in [1.29, 1.82) is 0 Å². The zero-order chi connectivity index (χ0) is 9.38. The molecule has 0 aliphatic heterocycles. The number of hydrogen-bond donors (Lipinski definition) is 0. The summed E-state index contributed by atoms with van der Waals surface area (Å²) in [4.78, 5) is 0. The first-order valence-electron chi connectivity index (χ1n) is 5.98. The molecule has 0 amide bonds. The van der Waals surface area contributed by atoms with Gasteiger partial charge in [-0.25, -0.2) is 0 Å². The molecule has 1 aromatic rings. The van der Waals surface area contributed by atoms with Gasteiger partial charge in [0, 0.05) is 0 Å². The molecule has 0 N–H and O–H groups in total. The van der Waals surface area contributed by atoms with Crippen LogP contribution in [0.1, 0.15) is 36.8 Å². The fourth-order valence-electron chi connectivity index (χ4n) is 3.12. The van der Waals surface area contributed by atoms with Gasteiger partial charge in [-0.15, -0.1) is 0 Å². The molecular weight excluding hydrogens is 168 g/mol. The Kier molecular flexibility index (Phi) is 2.08. The van der Waals surface area contributed by atoms with Crippen LogP contribution in [0.5, 0.6) is 0 Å². The second-order valence-corrected chi connectivity index (χ2v) is 5.11. The van der Waals surface area contributed by atoms with E-state index in [0.717, 1.165) is 11.8 Å². The first-order chi connectivity index (χ1) is 6.90. The van der Waals surface area contributed by atoms with Crippen molar-refractivity contribution in [3.05, 3.63) is 35.4 Å². The van der Waals surface area contributed by atoms with Gasteiger partial charge in [0.2, 0.25) is 0 Å². The van der Waals surface area contributed by atoms with Crippen molar-refractivity contribution in [3.8, 4) is 0 Å². The Labute approximate surface area is 86.3 Å². The maximum Gasteiger partial charge on any atom is -0.0250 e. The summed E-state index contributed by atoms with van der Waals surface area (Å²) in [5.74, 6) is 1.96. The van der Waals surface area contributed by atoms with Crippen molar-refractivity contribution in [2.45, 2.75) is 38.5 Å². The second kappa shape index (κ2) is 3.42. The van der Waals surface area contributed by atoms with Crippen LogP contribution in [-0.4, -0.2) is 0 Å². The van der Waals surface area contributed by atoms with E-state index in [1.165, 1.54) is 38.5 Å². The summed E-state index contributed by atoms with van der Waals surface area (Å²) < 4.78 is 0. The molecule has 6 rings (SSSR count). The smallest absolute Gasteiger partial charge is 0.0250 e. The van der Waals surface area contributed by atoms with Crippen molar-refractivity contribution in [2.75, 3.05) is 0 Å². The van der Waals surface area contributed by atoms with E-state index in [2.05, 4.69) is 24.3 Å². The van der Waals surface area contributed by atoms with E-state index in [1.807, 2.05) is 0 Å². The topological polar surface area (TPSA) is 0 Å². The minimum Gasteiger partial charge on any atom is -0.0588 e. The van der Waals surface area contributed by atoms with Crippen molar-refractivity contribution in [2.24, 2.45) is 11.8 Å². The van der Waals surface area contributed by atoms with E-state index in [1.54, 1.807) is 11.1 Å². The predicted octanol–water partition coefficient (Wildman–Crippen LogP) is 3.59. The summed E-state index contributed by atoms with van der Waals surface area (Å²) in [5, 5.41) is 0. The molecule has 1 aromatic carbocycles. The van der Waals surface area contributed by atoms with Crippen molar-refractivity contribution in [3.63, 3.8) is 0 Å². The van der Waals surface area contributed by atoms with Crippen LogP contribution >= 0.6 is 0 Å². The normalized spacial score (nSPS) is 30.6. The van der Waals surface area contributed by atoms with Crippen LogP contribution in [0.2, 0.25) is 0 Å². The molecule has 0 nitrogen and oxygen atoms in total. The molecule has 0 heterocycles. The summed E-state index contributed by atoms with van der Waals surface area (Å²) in [7, 11) is 0. The summed E-state index contributed by atoms with van der Waals surface area (Å²) in [5.41, 5.74) is 3.11. The number of rotatable bonds is 0. The highest BCUT2D eigenvalue weighted by Crippen LogP contribution is 2.34. The lowest BCUT2D eigenvalue weighted by molar-refractivity contribution is 0.270. The summed E-state index contributed by atoms with van der Waals surface area (Å²) in [6.45, 7) is 0. The average molecular weight is 186 g/mol. The third kappa shape index (κ3) is 1.58. The first kappa shape index (κ1) is 8.52. The SMILES string of the molecule is c1cc2ccc1CC1CCC(CC1)C2. The van der Waals surface area contributed by atoms with Gasteiger partial charge in [-0.1, -0.05) is 24.3 Å². The molecule has 5 aliphatic rings. The maximum absolute atomic E-state index is 2.34. The molecule has 14 heavy (non-hydrogen) atoms. The third-order valence-electron chi connectivity index (χ3n) is 4.04. The van der Waals surface area contributed by atoms with Crippen LogP contribution in [0.4, 0.5) is 0 Å². The van der Waals surface area contributed by atoms with Crippen molar-refractivity contribution >= 4 is 0 Å². The van der Waals surface area contributed by atoms with Gasteiger partial charge in [0.05, 0.1) is 0 Å². The molecule has 0 unspecified atom stereocenters. The molecule has 0 atom stereocenters. The molecule has 0 saturated heterocycles. The highest BCUT2D eigenvalue weighted by Gasteiger charge is 2.22. The summed E-state index contributed by atoms with van der Waals surface area (Å²) >= 11 is 0. The Morgan fingerprint density at radius 3 is 1.36 bits per heavy atom. The summed E-state index contributed by atoms with van der Waals surface area (Å²) in [6.07, 6.45) is 8.55. The highest BCUT2D eigenvalue weighted by atomic mass is 14.3. The van der Waals surface area contributed by atoms with Crippen LogP contribution in [0.25, 0.3) is 0 Å². The van der Waals surface area contributed by atoms with Crippen LogP contribution in [0.3, 0.4) is 0 Å². The van der Waals surface area contributed by atoms with Crippen LogP contribution in [0, 0.1) is 11.8 Å². The monoisotopic (exact) mass is 186 g/mol. The van der Waals surface area contributed by atoms with E-state index in [-0.39, 0.29) is 0 Å². The Morgan fingerprint density at radius 1 is 0.643 bits per heavy atom. The fraction of sp³-hybridized carbons (Fsp3) is 0.571. The molecule has 0 spiro atoms. The largest absolute Gasteiger partial charge is 0.0588 e.